The fourth-order valence-corrected chi connectivity index (χ4v) is 2.64. The zero-order valence-corrected chi connectivity index (χ0v) is 13.4. The van der Waals surface area contributed by atoms with E-state index in [-0.39, 0.29) is 11.5 Å². The highest BCUT2D eigenvalue weighted by atomic mass is 16.7. The van der Waals surface area contributed by atoms with Gasteiger partial charge in [-0.1, -0.05) is 6.92 Å². The topological polar surface area (TPSA) is 141 Å². The van der Waals surface area contributed by atoms with Gasteiger partial charge in [-0.2, -0.15) is 4.57 Å². The van der Waals surface area contributed by atoms with Crippen LogP contribution in [0.2, 0.25) is 0 Å². The maximum Gasteiger partial charge on any atom is 0.335 e. The van der Waals surface area contributed by atoms with Crippen molar-refractivity contribution >= 4 is 5.97 Å². The van der Waals surface area contributed by atoms with E-state index in [1.807, 2.05) is 13.8 Å². The minimum atomic E-state index is -1.80. The number of ether oxygens (including phenoxy) is 2. The zero-order chi connectivity index (χ0) is 18.0. The highest BCUT2D eigenvalue weighted by Gasteiger charge is 2.48. The fourth-order valence-electron chi connectivity index (χ4n) is 2.64. The van der Waals surface area contributed by atoms with Crippen molar-refractivity contribution in [1.82, 2.24) is 0 Å². The molecule has 1 saturated heterocycles. The van der Waals surface area contributed by atoms with Crippen molar-refractivity contribution in [1.29, 1.82) is 0 Å². The van der Waals surface area contributed by atoms with Gasteiger partial charge < -0.3 is 35.0 Å². The van der Waals surface area contributed by atoms with Gasteiger partial charge in [-0.05, 0) is 6.92 Å². The number of pyridine rings is 1. The Hall–Kier alpha value is -1.94. The van der Waals surface area contributed by atoms with Crippen LogP contribution in [0.4, 0.5) is 0 Å². The van der Waals surface area contributed by atoms with Crippen molar-refractivity contribution in [2.24, 2.45) is 0 Å². The Morgan fingerprint density at radius 3 is 2.46 bits per heavy atom. The summed E-state index contributed by atoms with van der Waals surface area (Å²) in [6.07, 6.45) is -6.37. The van der Waals surface area contributed by atoms with E-state index < -0.39 is 36.7 Å². The van der Waals surface area contributed by atoms with Crippen molar-refractivity contribution < 1.29 is 44.4 Å². The maximum atomic E-state index is 11.1. The lowest BCUT2D eigenvalue weighted by Gasteiger charge is -2.38. The van der Waals surface area contributed by atoms with Crippen LogP contribution in [0.1, 0.15) is 19.5 Å². The van der Waals surface area contributed by atoms with Crippen LogP contribution in [0.5, 0.6) is 11.5 Å². The number of nitrogens with zero attached hydrogens (tertiary/aromatic N) is 1. The first-order valence-corrected chi connectivity index (χ1v) is 7.65. The molecule has 0 radical (unpaired) electrons. The summed E-state index contributed by atoms with van der Waals surface area (Å²) in [4.78, 5) is 11.1. The standard InChI is InChI=1S/C15H21NO8/c1-3-7-9(17)8(5-6-16(7)4-2)23-15-12(20)10(18)11(19)13(24-15)14(21)22/h5-6,10-13,15,18-20H,3-4H2,1-2H3,(H-,17,21,22)/p+1/t10-,11-,12+,13-,15+/m0/s1. The Kier molecular flexibility index (Phi) is 5.60. The molecule has 9 nitrogen and oxygen atoms in total. The van der Waals surface area contributed by atoms with Crippen LogP contribution in [0.3, 0.4) is 0 Å². The van der Waals surface area contributed by atoms with Crippen LogP contribution in [-0.4, -0.2) is 62.2 Å². The summed E-state index contributed by atoms with van der Waals surface area (Å²) in [5.41, 5.74) is 0.593. The first-order chi connectivity index (χ1) is 11.3. The second-order valence-electron chi connectivity index (χ2n) is 5.47. The summed E-state index contributed by atoms with van der Waals surface area (Å²) in [7, 11) is 0. The Morgan fingerprint density at radius 1 is 1.25 bits per heavy atom. The number of aryl methyl sites for hydroxylation is 1. The van der Waals surface area contributed by atoms with Crippen molar-refractivity contribution in [3.05, 3.63) is 18.0 Å². The molecule has 134 valence electrons. The van der Waals surface area contributed by atoms with Crippen LogP contribution in [0.15, 0.2) is 12.3 Å². The van der Waals surface area contributed by atoms with Crippen molar-refractivity contribution in [3.8, 4) is 11.5 Å². The van der Waals surface area contributed by atoms with Crippen LogP contribution in [0.25, 0.3) is 0 Å². The van der Waals surface area contributed by atoms with Crippen molar-refractivity contribution in [2.75, 3.05) is 0 Å². The SMILES string of the molecule is CCc1c(O)c(O[C@@H]2O[C@H](C(=O)O)[C@@H](O)[C@H](O)[C@H]2O)cc[n+]1CC. The number of hydrogen-bond donors (Lipinski definition) is 5. The first-order valence-electron chi connectivity index (χ1n) is 7.65. The molecule has 0 spiro atoms. The van der Waals surface area contributed by atoms with Gasteiger partial charge in [-0.3, -0.25) is 0 Å². The smallest absolute Gasteiger partial charge is 0.335 e. The molecule has 5 N–H and O–H groups in total. The molecule has 1 aromatic rings. The lowest BCUT2D eigenvalue weighted by Crippen LogP contribution is -2.61. The average molecular weight is 344 g/mol. The van der Waals surface area contributed by atoms with Crippen LogP contribution < -0.4 is 9.30 Å². The molecule has 1 aromatic heterocycles. The number of aromatic nitrogens is 1. The molecule has 0 aliphatic carbocycles. The molecule has 1 fully saturated rings. The van der Waals surface area contributed by atoms with E-state index in [0.29, 0.717) is 18.7 Å². The van der Waals surface area contributed by atoms with Gasteiger partial charge in [-0.25, -0.2) is 4.79 Å². The predicted octanol–water partition coefficient (Wildman–Crippen LogP) is -1.47. The van der Waals surface area contributed by atoms with E-state index in [1.165, 1.54) is 6.07 Å². The van der Waals surface area contributed by atoms with Gasteiger partial charge in [0, 0.05) is 12.5 Å². The van der Waals surface area contributed by atoms with Crippen molar-refractivity contribution in [3.63, 3.8) is 0 Å². The summed E-state index contributed by atoms with van der Waals surface area (Å²) in [5.74, 6) is -1.68. The predicted molar refractivity (Wildman–Crippen MR) is 78.3 cm³/mol. The average Bonchev–Trinajstić information content (AvgIpc) is 2.56. The van der Waals surface area contributed by atoms with Gasteiger partial charge in [0.1, 0.15) is 24.9 Å². The molecule has 1 aliphatic heterocycles. The summed E-state index contributed by atoms with van der Waals surface area (Å²) in [6.45, 7) is 4.38. The Balaban J connectivity index is 2.28. The van der Waals surface area contributed by atoms with E-state index in [0.717, 1.165) is 0 Å². The minimum Gasteiger partial charge on any atom is -0.500 e. The number of aliphatic carboxylic acids is 1. The lowest BCUT2D eigenvalue weighted by atomic mass is 9.99. The molecule has 2 heterocycles. The molecule has 1 aliphatic rings. The number of hydrogen-bond acceptors (Lipinski definition) is 7. The van der Waals surface area contributed by atoms with Crippen LogP contribution in [-0.2, 0) is 22.5 Å². The molecule has 2 rings (SSSR count). The van der Waals surface area contributed by atoms with E-state index in [4.69, 9.17) is 14.6 Å². The molecular formula is C15H22NO8+. The molecule has 0 aromatic carbocycles. The van der Waals surface area contributed by atoms with Gasteiger partial charge in [0.2, 0.25) is 17.7 Å². The molecule has 0 bridgehead atoms. The van der Waals surface area contributed by atoms with Crippen LogP contribution >= 0.6 is 0 Å². The number of aromatic hydroxyl groups is 1. The molecule has 9 heteroatoms. The third-order valence-electron chi connectivity index (χ3n) is 3.99. The number of carbonyl (C=O) groups is 1. The fraction of sp³-hybridized carbons (Fsp3) is 0.600. The lowest BCUT2D eigenvalue weighted by molar-refractivity contribution is -0.701. The molecule has 0 amide bonds. The quantitative estimate of drug-likeness (QED) is 0.408. The molecule has 0 saturated carbocycles. The first kappa shape index (κ1) is 18.4. The largest absolute Gasteiger partial charge is 0.500 e. The van der Waals surface area contributed by atoms with Gasteiger partial charge in [-0.15, -0.1) is 0 Å². The number of carboxylic acid groups (broad SMARTS) is 1. The minimum absolute atomic E-state index is 0.0201. The Bertz CT molecular complexity index is 607. The molecule has 0 unspecified atom stereocenters. The zero-order valence-electron chi connectivity index (χ0n) is 13.4. The van der Waals surface area contributed by atoms with Gasteiger partial charge in [0.05, 0.1) is 0 Å². The summed E-state index contributed by atoms with van der Waals surface area (Å²) >= 11 is 0. The van der Waals surface area contributed by atoms with E-state index >= 15 is 0 Å². The number of rotatable bonds is 5. The highest BCUT2D eigenvalue weighted by Crippen LogP contribution is 2.31. The second kappa shape index (κ2) is 7.31. The molecule has 5 atom stereocenters. The molecular weight excluding hydrogens is 322 g/mol. The maximum absolute atomic E-state index is 11.1. The monoisotopic (exact) mass is 344 g/mol. The van der Waals surface area contributed by atoms with Gasteiger partial charge in [0.25, 0.3) is 0 Å². The second-order valence-corrected chi connectivity index (χ2v) is 5.47. The number of aliphatic hydroxyl groups is 3. The normalized spacial score (nSPS) is 30.1. The summed E-state index contributed by atoms with van der Waals surface area (Å²) < 4.78 is 12.2. The van der Waals surface area contributed by atoms with E-state index in [9.17, 15) is 25.2 Å². The van der Waals surface area contributed by atoms with E-state index in [1.54, 1.807) is 10.8 Å². The highest BCUT2D eigenvalue weighted by molar-refractivity contribution is 5.73. The van der Waals surface area contributed by atoms with Gasteiger partial charge >= 0.3 is 5.97 Å². The van der Waals surface area contributed by atoms with Crippen molar-refractivity contribution in [2.45, 2.75) is 57.5 Å². The molecule has 24 heavy (non-hydrogen) atoms. The summed E-state index contributed by atoms with van der Waals surface area (Å²) in [6, 6.07) is 1.45. The Labute approximate surface area is 138 Å². The third-order valence-corrected chi connectivity index (χ3v) is 3.99. The van der Waals surface area contributed by atoms with E-state index in [2.05, 4.69) is 0 Å². The number of aliphatic hydroxyl groups excluding tert-OH is 3. The summed E-state index contributed by atoms with van der Waals surface area (Å²) in [5, 5.41) is 48.7. The van der Waals surface area contributed by atoms with Crippen LogP contribution in [0, 0.1) is 0 Å². The third kappa shape index (κ3) is 3.29. The Morgan fingerprint density at radius 2 is 1.92 bits per heavy atom. The van der Waals surface area contributed by atoms with Gasteiger partial charge in [0.15, 0.2) is 18.1 Å². The number of carboxylic acids is 1.